The summed E-state index contributed by atoms with van der Waals surface area (Å²) < 4.78 is 6.19. The van der Waals surface area contributed by atoms with E-state index in [1.54, 1.807) is 21.0 Å². The fourth-order valence-corrected chi connectivity index (χ4v) is 1.88. The monoisotopic (exact) mass is 301 g/mol. The summed E-state index contributed by atoms with van der Waals surface area (Å²) in [6.45, 7) is 6.07. The molecule has 4 heteroatoms. The lowest BCUT2D eigenvalue weighted by atomic mass is 10.00. The summed E-state index contributed by atoms with van der Waals surface area (Å²) in [5.74, 6) is 0. The van der Waals surface area contributed by atoms with E-state index >= 15 is 0 Å². The van der Waals surface area contributed by atoms with Crippen LogP contribution in [0.2, 0.25) is 0 Å². The summed E-state index contributed by atoms with van der Waals surface area (Å²) in [6.07, 6.45) is 0. The number of nitrogens with one attached hydrogen (secondary N) is 1. The lowest BCUT2D eigenvalue weighted by Crippen LogP contribution is -2.39. The molecular formula is C13H20BrNO2. The van der Waals surface area contributed by atoms with Crippen molar-refractivity contribution >= 4 is 21.6 Å². The summed E-state index contributed by atoms with van der Waals surface area (Å²) in [6, 6.07) is 5.88. The van der Waals surface area contributed by atoms with Gasteiger partial charge in [-0.1, -0.05) is 22.0 Å². The Morgan fingerprint density at radius 3 is 2.65 bits per heavy atom. The molecule has 0 saturated carbocycles. The fraction of sp³-hybridized carbons (Fsp3) is 0.538. The van der Waals surface area contributed by atoms with E-state index in [-0.39, 0.29) is 6.04 Å². The number of anilines is 1. The van der Waals surface area contributed by atoms with Crippen molar-refractivity contribution in [3.63, 3.8) is 0 Å². The van der Waals surface area contributed by atoms with Crippen LogP contribution in [0.15, 0.2) is 22.7 Å². The van der Waals surface area contributed by atoms with Crippen LogP contribution in [0.25, 0.3) is 0 Å². The molecule has 0 aliphatic heterocycles. The van der Waals surface area contributed by atoms with Crippen LogP contribution in [-0.2, 0) is 11.3 Å². The zero-order valence-electron chi connectivity index (χ0n) is 10.7. The Labute approximate surface area is 111 Å². The van der Waals surface area contributed by atoms with Crippen LogP contribution in [0.3, 0.4) is 0 Å². The second kappa shape index (κ2) is 5.85. The first-order chi connectivity index (χ1) is 7.86. The predicted molar refractivity (Wildman–Crippen MR) is 74.2 cm³/mol. The van der Waals surface area contributed by atoms with Crippen LogP contribution in [0.5, 0.6) is 0 Å². The molecule has 0 amide bonds. The molecule has 1 rings (SSSR count). The van der Waals surface area contributed by atoms with Crippen molar-refractivity contribution in [1.29, 1.82) is 0 Å². The lowest BCUT2D eigenvalue weighted by Gasteiger charge is -2.28. The van der Waals surface area contributed by atoms with E-state index in [4.69, 9.17) is 4.74 Å². The Balaban J connectivity index is 2.94. The van der Waals surface area contributed by atoms with E-state index in [9.17, 15) is 5.11 Å². The van der Waals surface area contributed by atoms with E-state index in [2.05, 4.69) is 21.2 Å². The molecule has 0 fully saturated rings. The van der Waals surface area contributed by atoms with Crippen molar-refractivity contribution in [3.8, 4) is 0 Å². The van der Waals surface area contributed by atoms with Gasteiger partial charge in [-0.25, -0.2) is 0 Å². The molecule has 0 heterocycles. The van der Waals surface area contributed by atoms with Gasteiger partial charge in [0.25, 0.3) is 0 Å². The van der Waals surface area contributed by atoms with Gasteiger partial charge in [0.1, 0.15) is 0 Å². The van der Waals surface area contributed by atoms with Crippen molar-refractivity contribution in [2.75, 3.05) is 12.4 Å². The van der Waals surface area contributed by atoms with E-state index in [1.165, 1.54) is 0 Å². The normalized spacial score (nSPS) is 13.5. The summed E-state index contributed by atoms with van der Waals surface area (Å²) >= 11 is 3.51. The number of rotatable bonds is 5. The smallest absolute Gasteiger partial charge is 0.0789 e. The maximum Gasteiger partial charge on any atom is 0.0789 e. The topological polar surface area (TPSA) is 41.5 Å². The highest BCUT2D eigenvalue weighted by atomic mass is 79.9. The van der Waals surface area contributed by atoms with Gasteiger partial charge in [-0.3, -0.25) is 0 Å². The van der Waals surface area contributed by atoms with Crippen LogP contribution < -0.4 is 5.32 Å². The Hall–Kier alpha value is -0.580. The minimum absolute atomic E-state index is 0.0487. The van der Waals surface area contributed by atoms with E-state index < -0.39 is 5.60 Å². The Morgan fingerprint density at radius 1 is 1.47 bits per heavy atom. The van der Waals surface area contributed by atoms with Gasteiger partial charge < -0.3 is 15.2 Å². The number of benzene rings is 1. The van der Waals surface area contributed by atoms with Gasteiger partial charge in [-0.05, 0) is 32.9 Å². The summed E-state index contributed by atoms with van der Waals surface area (Å²) in [7, 11) is 1.67. The zero-order valence-corrected chi connectivity index (χ0v) is 12.3. The number of ether oxygens (including phenoxy) is 1. The summed E-state index contributed by atoms with van der Waals surface area (Å²) in [5, 5.41) is 13.2. The predicted octanol–water partition coefficient (Wildman–Crippen LogP) is 3.17. The maximum atomic E-state index is 9.93. The van der Waals surface area contributed by atoms with Crippen LogP contribution in [0.4, 0.5) is 5.69 Å². The van der Waals surface area contributed by atoms with Gasteiger partial charge >= 0.3 is 0 Å². The highest BCUT2D eigenvalue weighted by molar-refractivity contribution is 9.10. The molecule has 0 aliphatic rings. The third-order valence-electron chi connectivity index (χ3n) is 2.84. The number of methoxy groups -OCH3 is 1. The number of aliphatic hydroxyl groups is 1. The standard InChI is InChI=1S/C13H20BrNO2/c1-9(13(2,3)16)15-12-7-5-6-11(14)10(12)8-17-4/h5-7,9,15-16H,8H2,1-4H3. The quantitative estimate of drug-likeness (QED) is 0.878. The minimum Gasteiger partial charge on any atom is -0.388 e. The molecule has 0 bridgehead atoms. The van der Waals surface area contributed by atoms with Crippen molar-refractivity contribution in [1.82, 2.24) is 0 Å². The van der Waals surface area contributed by atoms with Gasteiger partial charge in [0.15, 0.2) is 0 Å². The molecule has 1 unspecified atom stereocenters. The first-order valence-corrected chi connectivity index (χ1v) is 6.40. The Kier molecular flexibility index (Phi) is 4.98. The van der Waals surface area contributed by atoms with E-state index in [0.717, 1.165) is 15.7 Å². The molecule has 0 aromatic heterocycles. The van der Waals surface area contributed by atoms with E-state index in [0.29, 0.717) is 6.61 Å². The molecule has 1 aromatic carbocycles. The van der Waals surface area contributed by atoms with Crippen LogP contribution in [0, 0.1) is 0 Å². The summed E-state index contributed by atoms with van der Waals surface area (Å²) in [5.41, 5.74) is 1.27. The second-order valence-corrected chi connectivity index (χ2v) is 5.57. The van der Waals surface area contributed by atoms with Gasteiger partial charge in [0.05, 0.1) is 18.2 Å². The van der Waals surface area contributed by atoms with E-state index in [1.807, 2.05) is 25.1 Å². The fourth-order valence-electron chi connectivity index (χ4n) is 1.39. The maximum absolute atomic E-state index is 9.93. The largest absolute Gasteiger partial charge is 0.388 e. The third-order valence-corrected chi connectivity index (χ3v) is 3.58. The lowest BCUT2D eigenvalue weighted by molar-refractivity contribution is 0.0648. The van der Waals surface area contributed by atoms with Crippen molar-refractivity contribution in [2.24, 2.45) is 0 Å². The molecule has 1 aromatic rings. The molecule has 1 atom stereocenters. The van der Waals surface area contributed by atoms with Gasteiger partial charge in [0.2, 0.25) is 0 Å². The number of halogens is 1. The molecule has 0 radical (unpaired) electrons. The zero-order chi connectivity index (χ0) is 13.1. The third kappa shape index (κ3) is 3.98. The molecule has 0 aliphatic carbocycles. The average molecular weight is 302 g/mol. The van der Waals surface area contributed by atoms with Crippen molar-refractivity contribution < 1.29 is 9.84 Å². The molecule has 96 valence electrons. The molecule has 0 spiro atoms. The highest BCUT2D eigenvalue weighted by Crippen LogP contribution is 2.27. The number of hydrogen-bond acceptors (Lipinski definition) is 3. The molecule has 17 heavy (non-hydrogen) atoms. The molecule has 2 N–H and O–H groups in total. The van der Waals surface area contributed by atoms with Crippen LogP contribution >= 0.6 is 15.9 Å². The minimum atomic E-state index is -0.771. The SMILES string of the molecule is COCc1c(Br)cccc1NC(C)C(C)(C)O. The van der Waals surface area contributed by atoms with Gasteiger partial charge in [-0.2, -0.15) is 0 Å². The Bertz CT molecular complexity index is 374. The van der Waals surface area contributed by atoms with Crippen LogP contribution in [0.1, 0.15) is 26.3 Å². The Morgan fingerprint density at radius 2 is 2.12 bits per heavy atom. The van der Waals surface area contributed by atoms with Gasteiger partial charge in [0, 0.05) is 22.8 Å². The molecule has 3 nitrogen and oxygen atoms in total. The molecular weight excluding hydrogens is 282 g/mol. The molecule has 0 saturated heterocycles. The highest BCUT2D eigenvalue weighted by Gasteiger charge is 2.22. The summed E-state index contributed by atoms with van der Waals surface area (Å²) in [4.78, 5) is 0. The van der Waals surface area contributed by atoms with Crippen molar-refractivity contribution in [3.05, 3.63) is 28.2 Å². The average Bonchev–Trinajstić information content (AvgIpc) is 2.21. The second-order valence-electron chi connectivity index (χ2n) is 4.72. The van der Waals surface area contributed by atoms with Crippen molar-refractivity contribution in [2.45, 2.75) is 39.0 Å². The van der Waals surface area contributed by atoms with Gasteiger partial charge in [-0.15, -0.1) is 0 Å². The number of hydrogen-bond donors (Lipinski definition) is 2. The first-order valence-electron chi connectivity index (χ1n) is 5.61. The van der Waals surface area contributed by atoms with Crippen LogP contribution in [-0.4, -0.2) is 23.9 Å². The first kappa shape index (κ1) is 14.5.